The van der Waals surface area contributed by atoms with Crippen LogP contribution in [0.15, 0.2) is 17.4 Å². The zero-order valence-corrected chi connectivity index (χ0v) is 17.2. The fourth-order valence-corrected chi connectivity index (χ4v) is 4.76. The number of amidine groups is 1. The van der Waals surface area contributed by atoms with E-state index in [0.29, 0.717) is 38.7 Å². The summed E-state index contributed by atoms with van der Waals surface area (Å²) in [5, 5.41) is 6.30. The monoisotopic (exact) mass is 434 g/mol. The lowest BCUT2D eigenvalue weighted by Crippen LogP contribution is -2.36. The number of amides is 1. The molecule has 8 nitrogen and oxygen atoms in total. The standard InChI is InChI=1S/C20H24ClFN6O2/c21-12-5-14-15(7-24-17(14)23-6-12)18-25-8-16(22)19(27-18)26-13-1-3-28(9-13)20(29)11-2-4-30-10-11/h7-8,11-14H,1-6,9-10H2,(H,23,24)(H,25,26,27)/t11?,12?,13-,14?/m1/s1. The van der Waals surface area contributed by atoms with E-state index in [-0.39, 0.29) is 35.0 Å². The maximum absolute atomic E-state index is 14.4. The van der Waals surface area contributed by atoms with Crippen molar-refractivity contribution in [3.8, 4) is 0 Å². The second kappa shape index (κ2) is 8.11. The van der Waals surface area contributed by atoms with Crippen molar-refractivity contribution in [2.75, 3.05) is 38.2 Å². The number of alkyl halides is 1. The molecule has 0 aromatic carbocycles. The van der Waals surface area contributed by atoms with Gasteiger partial charge in [0, 0.05) is 43.4 Å². The van der Waals surface area contributed by atoms with Crippen molar-refractivity contribution in [2.45, 2.75) is 30.7 Å². The lowest BCUT2D eigenvalue weighted by molar-refractivity contribution is -0.134. The second-order valence-electron chi connectivity index (χ2n) is 8.22. The Morgan fingerprint density at radius 1 is 1.40 bits per heavy atom. The molecule has 2 saturated heterocycles. The maximum Gasteiger partial charge on any atom is 0.228 e. The molecule has 5 rings (SSSR count). The molecule has 30 heavy (non-hydrogen) atoms. The van der Waals surface area contributed by atoms with Gasteiger partial charge < -0.3 is 20.3 Å². The Kier molecular flexibility index (Phi) is 5.32. The average Bonchev–Trinajstić information content (AvgIpc) is 3.50. The first-order valence-electron chi connectivity index (χ1n) is 10.4. The van der Waals surface area contributed by atoms with Gasteiger partial charge in [0.25, 0.3) is 0 Å². The van der Waals surface area contributed by atoms with Gasteiger partial charge in [-0.05, 0) is 19.3 Å². The number of fused-ring (bicyclic) bond motifs is 1. The number of ether oxygens (including phenoxy) is 1. The smallest absolute Gasteiger partial charge is 0.228 e. The quantitative estimate of drug-likeness (QED) is 0.700. The summed E-state index contributed by atoms with van der Waals surface area (Å²) in [6.07, 6.45) is 5.28. The summed E-state index contributed by atoms with van der Waals surface area (Å²) in [5.74, 6) is 1.06. The van der Waals surface area contributed by atoms with Gasteiger partial charge in [0.2, 0.25) is 5.91 Å². The Hall–Kier alpha value is -2.26. The highest BCUT2D eigenvalue weighted by Gasteiger charge is 2.35. The van der Waals surface area contributed by atoms with Crippen molar-refractivity contribution in [3.63, 3.8) is 0 Å². The van der Waals surface area contributed by atoms with Crippen LogP contribution < -0.4 is 10.6 Å². The molecule has 3 unspecified atom stereocenters. The number of hydrogen-bond donors (Lipinski definition) is 2. The molecule has 5 heterocycles. The molecule has 4 aliphatic heterocycles. The van der Waals surface area contributed by atoms with Crippen LogP contribution in [0.25, 0.3) is 5.57 Å². The van der Waals surface area contributed by atoms with E-state index in [9.17, 15) is 9.18 Å². The minimum Gasteiger partial charge on any atom is -0.381 e. The van der Waals surface area contributed by atoms with Crippen LogP contribution in [-0.4, -0.2) is 70.9 Å². The van der Waals surface area contributed by atoms with Gasteiger partial charge in [0.15, 0.2) is 17.5 Å². The zero-order valence-electron chi connectivity index (χ0n) is 16.5. The van der Waals surface area contributed by atoms with Crippen molar-refractivity contribution in [1.29, 1.82) is 0 Å². The van der Waals surface area contributed by atoms with E-state index in [1.165, 1.54) is 6.20 Å². The van der Waals surface area contributed by atoms with Gasteiger partial charge in [-0.3, -0.25) is 9.79 Å². The van der Waals surface area contributed by atoms with Crippen molar-refractivity contribution < 1.29 is 13.9 Å². The number of anilines is 1. The van der Waals surface area contributed by atoms with Gasteiger partial charge in [0.1, 0.15) is 5.84 Å². The third kappa shape index (κ3) is 3.76. The van der Waals surface area contributed by atoms with Crippen molar-refractivity contribution in [2.24, 2.45) is 16.8 Å². The molecule has 4 atom stereocenters. The van der Waals surface area contributed by atoms with Crippen LogP contribution in [0.4, 0.5) is 10.2 Å². The molecule has 0 bridgehead atoms. The number of nitrogens with one attached hydrogen (secondary N) is 2. The summed E-state index contributed by atoms with van der Waals surface area (Å²) < 4.78 is 19.8. The van der Waals surface area contributed by atoms with Gasteiger partial charge in [-0.1, -0.05) is 0 Å². The molecule has 0 spiro atoms. The van der Waals surface area contributed by atoms with E-state index in [0.717, 1.165) is 30.7 Å². The molecule has 10 heteroatoms. The molecule has 0 aliphatic carbocycles. The number of carbonyl (C=O) groups is 1. The van der Waals surface area contributed by atoms with Gasteiger partial charge in [0.05, 0.1) is 30.6 Å². The Morgan fingerprint density at radius 2 is 2.30 bits per heavy atom. The summed E-state index contributed by atoms with van der Waals surface area (Å²) in [5.41, 5.74) is 0.867. The number of carbonyl (C=O) groups excluding carboxylic acids is 1. The first-order valence-corrected chi connectivity index (χ1v) is 10.8. The van der Waals surface area contributed by atoms with E-state index in [1.807, 2.05) is 11.1 Å². The van der Waals surface area contributed by atoms with Crippen molar-refractivity contribution >= 4 is 34.7 Å². The number of hydrogen-bond acceptors (Lipinski definition) is 7. The Bertz CT molecular complexity index is 903. The fraction of sp³-hybridized carbons (Fsp3) is 0.600. The number of aromatic nitrogens is 2. The zero-order chi connectivity index (χ0) is 20.7. The third-order valence-electron chi connectivity index (χ3n) is 6.15. The van der Waals surface area contributed by atoms with Crippen LogP contribution in [0.2, 0.25) is 0 Å². The third-order valence-corrected chi connectivity index (χ3v) is 6.47. The SMILES string of the molecule is O=C(C1CCOC1)N1CC[C@@H](Nc2nc(C3=CNC4=NCC(Cl)CC34)ncc2F)C1. The number of halogens is 2. The predicted octanol–water partition coefficient (Wildman–Crippen LogP) is 1.63. The molecule has 160 valence electrons. The van der Waals surface area contributed by atoms with E-state index >= 15 is 0 Å². The summed E-state index contributed by atoms with van der Waals surface area (Å²) in [4.78, 5) is 27.5. The number of nitrogens with zero attached hydrogens (tertiary/aromatic N) is 4. The molecule has 1 aromatic heterocycles. The van der Waals surface area contributed by atoms with Crippen molar-refractivity contribution in [1.82, 2.24) is 20.2 Å². The molecule has 0 radical (unpaired) electrons. The van der Waals surface area contributed by atoms with Crippen molar-refractivity contribution in [3.05, 3.63) is 24.0 Å². The van der Waals surface area contributed by atoms with E-state index in [2.05, 4.69) is 25.6 Å². The summed E-state index contributed by atoms with van der Waals surface area (Å²) in [6, 6.07) is -0.0526. The highest BCUT2D eigenvalue weighted by Crippen LogP contribution is 2.34. The molecule has 0 saturated carbocycles. The van der Waals surface area contributed by atoms with Gasteiger partial charge in [-0.15, -0.1) is 11.6 Å². The van der Waals surface area contributed by atoms with Gasteiger partial charge in [-0.2, -0.15) is 0 Å². The minimum atomic E-state index is -0.507. The molecule has 1 aromatic rings. The Balaban J connectivity index is 1.27. The van der Waals surface area contributed by atoms with Gasteiger partial charge >= 0.3 is 0 Å². The normalized spacial score (nSPS) is 30.5. The predicted molar refractivity (Wildman–Crippen MR) is 111 cm³/mol. The van der Waals surface area contributed by atoms with Crippen LogP contribution >= 0.6 is 11.6 Å². The average molecular weight is 435 g/mol. The lowest BCUT2D eigenvalue weighted by atomic mass is 9.93. The second-order valence-corrected chi connectivity index (χ2v) is 8.84. The Labute approximate surface area is 178 Å². The molecular formula is C20H24ClFN6O2. The van der Waals surface area contributed by atoms with Crippen LogP contribution in [0.1, 0.15) is 25.1 Å². The van der Waals surface area contributed by atoms with Crippen LogP contribution in [0.5, 0.6) is 0 Å². The highest BCUT2D eigenvalue weighted by molar-refractivity contribution is 6.21. The number of likely N-dealkylation sites (tertiary alicyclic amines) is 1. The molecule has 2 N–H and O–H groups in total. The van der Waals surface area contributed by atoms with E-state index in [1.54, 1.807) is 0 Å². The van der Waals surface area contributed by atoms with Crippen LogP contribution in [0, 0.1) is 17.7 Å². The Morgan fingerprint density at radius 3 is 3.13 bits per heavy atom. The van der Waals surface area contributed by atoms with Crippen LogP contribution in [0.3, 0.4) is 0 Å². The van der Waals surface area contributed by atoms with E-state index < -0.39 is 5.82 Å². The molecule has 1 amide bonds. The summed E-state index contributed by atoms with van der Waals surface area (Å²) in [6.45, 7) is 2.91. The fourth-order valence-electron chi connectivity index (χ4n) is 4.51. The maximum atomic E-state index is 14.4. The summed E-state index contributed by atoms with van der Waals surface area (Å²) in [7, 11) is 0. The van der Waals surface area contributed by atoms with Crippen LogP contribution in [-0.2, 0) is 9.53 Å². The number of aliphatic imine (C=N–C) groups is 1. The molecule has 4 aliphatic rings. The lowest BCUT2D eigenvalue weighted by Gasteiger charge is -2.22. The summed E-state index contributed by atoms with van der Waals surface area (Å²) >= 11 is 6.28. The number of rotatable bonds is 4. The highest BCUT2D eigenvalue weighted by atomic mass is 35.5. The minimum absolute atomic E-state index is 0.00721. The first kappa shape index (κ1) is 19.7. The molecular weight excluding hydrogens is 411 g/mol. The van der Waals surface area contributed by atoms with E-state index in [4.69, 9.17) is 16.3 Å². The largest absolute Gasteiger partial charge is 0.381 e. The topological polar surface area (TPSA) is 91.7 Å². The first-order chi connectivity index (χ1) is 14.6. The van der Waals surface area contributed by atoms with Gasteiger partial charge in [-0.25, -0.2) is 14.4 Å². The molecule has 2 fully saturated rings.